The van der Waals surface area contributed by atoms with Crippen molar-refractivity contribution in [3.8, 4) is 5.75 Å². The van der Waals surface area contributed by atoms with E-state index in [0.29, 0.717) is 6.54 Å². The first-order valence-corrected chi connectivity index (χ1v) is 6.82. The van der Waals surface area contributed by atoms with Crippen molar-refractivity contribution in [1.82, 2.24) is 14.8 Å². The standard InChI is InChI=1S/C15H22N4O/c1-6-12-14(9-19(4)18-12)17-8-13-11(3)15(20-5)10(2)7-16-13/h7,9,17H,6,8H2,1-5H3. The molecule has 1 N–H and O–H groups in total. The van der Waals surface area contributed by atoms with Crippen LogP contribution in [0.15, 0.2) is 12.4 Å². The second kappa shape index (κ2) is 5.94. The van der Waals surface area contributed by atoms with E-state index in [1.807, 2.05) is 38.0 Å². The molecule has 108 valence electrons. The van der Waals surface area contributed by atoms with Gasteiger partial charge in [-0.15, -0.1) is 0 Å². The number of hydrogen-bond acceptors (Lipinski definition) is 4. The Morgan fingerprint density at radius 1 is 1.30 bits per heavy atom. The zero-order chi connectivity index (χ0) is 14.7. The van der Waals surface area contributed by atoms with Crippen molar-refractivity contribution in [2.45, 2.75) is 33.7 Å². The maximum absolute atomic E-state index is 5.43. The number of pyridine rings is 1. The van der Waals surface area contributed by atoms with Crippen LogP contribution in [0.5, 0.6) is 5.75 Å². The minimum atomic E-state index is 0.668. The molecule has 0 aliphatic heterocycles. The average molecular weight is 274 g/mol. The van der Waals surface area contributed by atoms with Gasteiger partial charge in [0, 0.05) is 30.6 Å². The number of aryl methyl sites for hydroxylation is 3. The number of aromatic nitrogens is 3. The summed E-state index contributed by atoms with van der Waals surface area (Å²) in [5.74, 6) is 0.915. The number of methoxy groups -OCH3 is 1. The Hall–Kier alpha value is -2.04. The molecule has 20 heavy (non-hydrogen) atoms. The summed E-state index contributed by atoms with van der Waals surface area (Å²) in [6.45, 7) is 6.82. The van der Waals surface area contributed by atoms with E-state index in [2.05, 4.69) is 22.3 Å². The summed E-state index contributed by atoms with van der Waals surface area (Å²) in [5.41, 5.74) is 5.28. The Balaban J connectivity index is 2.19. The summed E-state index contributed by atoms with van der Waals surface area (Å²) in [6.07, 6.45) is 4.76. The van der Waals surface area contributed by atoms with Crippen LogP contribution in [-0.4, -0.2) is 21.9 Å². The highest BCUT2D eigenvalue weighted by molar-refractivity contribution is 5.48. The molecule has 2 rings (SSSR count). The van der Waals surface area contributed by atoms with E-state index < -0.39 is 0 Å². The third kappa shape index (κ3) is 2.76. The molecule has 2 heterocycles. The van der Waals surface area contributed by atoms with Crippen molar-refractivity contribution in [2.75, 3.05) is 12.4 Å². The molecular weight excluding hydrogens is 252 g/mol. The van der Waals surface area contributed by atoms with Crippen LogP contribution in [0.2, 0.25) is 0 Å². The maximum Gasteiger partial charge on any atom is 0.128 e. The highest BCUT2D eigenvalue weighted by Crippen LogP contribution is 2.24. The molecule has 0 radical (unpaired) electrons. The smallest absolute Gasteiger partial charge is 0.128 e. The van der Waals surface area contributed by atoms with Crippen molar-refractivity contribution < 1.29 is 4.74 Å². The summed E-state index contributed by atoms with van der Waals surface area (Å²) in [4.78, 5) is 4.49. The van der Waals surface area contributed by atoms with E-state index in [9.17, 15) is 0 Å². The Morgan fingerprint density at radius 2 is 2.05 bits per heavy atom. The monoisotopic (exact) mass is 274 g/mol. The quantitative estimate of drug-likeness (QED) is 0.910. The number of anilines is 1. The van der Waals surface area contributed by atoms with Gasteiger partial charge in [-0.05, 0) is 20.3 Å². The third-order valence-electron chi connectivity index (χ3n) is 3.44. The minimum absolute atomic E-state index is 0.668. The molecule has 0 bridgehead atoms. The van der Waals surface area contributed by atoms with Crippen LogP contribution < -0.4 is 10.1 Å². The fourth-order valence-electron chi connectivity index (χ4n) is 2.37. The van der Waals surface area contributed by atoms with Gasteiger partial charge in [0.15, 0.2) is 0 Å². The zero-order valence-corrected chi connectivity index (χ0v) is 12.8. The van der Waals surface area contributed by atoms with E-state index in [1.54, 1.807) is 7.11 Å². The van der Waals surface area contributed by atoms with Gasteiger partial charge in [-0.1, -0.05) is 6.92 Å². The van der Waals surface area contributed by atoms with Gasteiger partial charge in [-0.2, -0.15) is 5.10 Å². The third-order valence-corrected chi connectivity index (χ3v) is 3.44. The number of nitrogens with one attached hydrogen (secondary N) is 1. The molecule has 0 unspecified atom stereocenters. The second-order valence-electron chi connectivity index (χ2n) is 4.92. The summed E-state index contributed by atoms with van der Waals surface area (Å²) < 4.78 is 7.26. The van der Waals surface area contributed by atoms with Crippen LogP contribution in [0.1, 0.15) is 29.4 Å². The molecule has 0 saturated carbocycles. The van der Waals surface area contributed by atoms with Gasteiger partial charge >= 0.3 is 0 Å². The van der Waals surface area contributed by atoms with Gasteiger partial charge in [0.2, 0.25) is 0 Å². The summed E-state index contributed by atoms with van der Waals surface area (Å²) in [5, 5.41) is 7.83. The van der Waals surface area contributed by atoms with Crippen LogP contribution in [0, 0.1) is 13.8 Å². The highest BCUT2D eigenvalue weighted by Gasteiger charge is 2.11. The second-order valence-corrected chi connectivity index (χ2v) is 4.92. The van der Waals surface area contributed by atoms with Crippen LogP contribution in [0.4, 0.5) is 5.69 Å². The minimum Gasteiger partial charge on any atom is -0.496 e. The number of hydrogen-bond donors (Lipinski definition) is 1. The van der Waals surface area contributed by atoms with Crippen LogP contribution in [0.25, 0.3) is 0 Å². The van der Waals surface area contributed by atoms with Gasteiger partial charge in [0.25, 0.3) is 0 Å². The van der Waals surface area contributed by atoms with Gasteiger partial charge in [-0.25, -0.2) is 0 Å². The van der Waals surface area contributed by atoms with Crippen LogP contribution in [0.3, 0.4) is 0 Å². The van der Waals surface area contributed by atoms with Gasteiger partial charge in [-0.3, -0.25) is 9.67 Å². The Labute approximate surface area is 120 Å². The summed E-state index contributed by atoms with van der Waals surface area (Å²) >= 11 is 0. The van der Waals surface area contributed by atoms with Crippen molar-refractivity contribution in [3.05, 3.63) is 34.9 Å². The lowest BCUT2D eigenvalue weighted by Crippen LogP contribution is -2.06. The lowest BCUT2D eigenvalue weighted by molar-refractivity contribution is 0.407. The van der Waals surface area contributed by atoms with Crippen molar-refractivity contribution in [3.63, 3.8) is 0 Å². The van der Waals surface area contributed by atoms with E-state index in [1.165, 1.54) is 0 Å². The molecule has 0 fully saturated rings. The first-order chi connectivity index (χ1) is 9.56. The predicted molar refractivity (Wildman–Crippen MR) is 80.2 cm³/mol. The zero-order valence-electron chi connectivity index (χ0n) is 12.8. The molecule has 2 aromatic rings. The number of nitrogens with zero attached hydrogens (tertiary/aromatic N) is 3. The lowest BCUT2D eigenvalue weighted by Gasteiger charge is -2.13. The molecule has 0 aliphatic rings. The SMILES string of the molecule is CCc1nn(C)cc1NCc1ncc(C)c(OC)c1C. The van der Waals surface area contributed by atoms with Crippen LogP contribution >= 0.6 is 0 Å². The van der Waals surface area contributed by atoms with Gasteiger partial charge < -0.3 is 10.1 Å². The molecule has 0 aliphatic carbocycles. The lowest BCUT2D eigenvalue weighted by atomic mass is 10.1. The first kappa shape index (κ1) is 14.4. The van der Waals surface area contributed by atoms with Gasteiger partial charge in [0.1, 0.15) is 5.75 Å². The molecule has 5 nitrogen and oxygen atoms in total. The fraction of sp³-hybridized carbons (Fsp3) is 0.467. The predicted octanol–water partition coefficient (Wildman–Crippen LogP) is 2.62. The van der Waals surface area contributed by atoms with E-state index in [0.717, 1.165) is 40.4 Å². The van der Waals surface area contributed by atoms with Crippen molar-refractivity contribution >= 4 is 5.69 Å². The molecule has 0 atom stereocenters. The molecule has 2 aromatic heterocycles. The topological polar surface area (TPSA) is 52.0 Å². The number of ether oxygens (including phenoxy) is 1. The average Bonchev–Trinajstić information content (AvgIpc) is 2.79. The fourth-order valence-corrected chi connectivity index (χ4v) is 2.37. The van der Waals surface area contributed by atoms with E-state index >= 15 is 0 Å². The van der Waals surface area contributed by atoms with Crippen molar-refractivity contribution in [2.24, 2.45) is 7.05 Å². The van der Waals surface area contributed by atoms with Gasteiger partial charge in [0.05, 0.1) is 30.7 Å². The Morgan fingerprint density at radius 3 is 2.70 bits per heavy atom. The summed E-state index contributed by atoms with van der Waals surface area (Å²) in [7, 11) is 3.63. The van der Waals surface area contributed by atoms with Crippen LogP contribution in [-0.2, 0) is 20.0 Å². The highest BCUT2D eigenvalue weighted by atomic mass is 16.5. The number of rotatable bonds is 5. The normalized spacial score (nSPS) is 10.7. The maximum atomic E-state index is 5.43. The molecule has 0 amide bonds. The Kier molecular flexibility index (Phi) is 4.27. The molecule has 5 heteroatoms. The van der Waals surface area contributed by atoms with E-state index in [4.69, 9.17) is 4.74 Å². The first-order valence-electron chi connectivity index (χ1n) is 6.82. The molecule has 0 saturated heterocycles. The summed E-state index contributed by atoms with van der Waals surface area (Å²) in [6, 6.07) is 0. The van der Waals surface area contributed by atoms with E-state index in [-0.39, 0.29) is 0 Å². The Bertz CT molecular complexity index is 604. The molecular formula is C15H22N4O. The largest absolute Gasteiger partial charge is 0.496 e. The molecule has 0 aromatic carbocycles. The van der Waals surface area contributed by atoms with Crippen molar-refractivity contribution in [1.29, 1.82) is 0 Å². The molecule has 0 spiro atoms.